The number of aryl methyl sites for hydroxylation is 2. The van der Waals surface area contributed by atoms with Gasteiger partial charge in [-0.15, -0.1) is 0 Å². The van der Waals surface area contributed by atoms with Crippen LogP contribution in [0.25, 0.3) is 0 Å². The highest BCUT2D eigenvalue weighted by Gasteiger charge is 2.43. The van der Waals surface area contributed by atoms with Gasteiger partial charge in [0.05, 0.1) is 17.4 Å². The van der Waals surface area contributed by atoms with Crippen molar-refractivity contribution in [3.05, 3.63) is 29.3 Å². The van der Waals surface area contributed by atoms with E-state index in [-0.39, 0.29) is 11.7 Å². The van der Waals surface area contributed by atoms with Crippen LogP contribution in [0.1, 0.15) is 25.0 Å². The topological polar surface area (TPSA) is 54.5 Å². The van der Waals surface area contributed by atoms with E-state index in [1.807, 2.05) is 32.0 Å². The molecule has 1 fully saturated rings. The molecule has 5 heteroatoms. The van der Waals surface area contributed by atoms with Crippen molar-refractivity contribution in [3.8, 4) is 0 Å². The molecule has 1 aliphatic heterocycles. The second-order valence-electron chi connectivity index (χ2n) is 4.72. The van der Waals surface area contributed by atoms with Crippen molar-refractivity contribution in [2.45, 2.75) is 27.2 Å². The molecule has 1 aliphatic rings. The van der Waals surface area contributed by atoms with Crippen molar-refractivity contribution in [1.29, 1.82) is 0 Å². The van der Waals surface area contributed by atoms with Gasteiger partial charge in [-0.1, -0.05) is 32.0 Å². The van der Waals surface area contributed by atoms with Gasteiger partial charge in [-0.05, 0) is 24.5 Å². The van der Waals surface area contributed by atoms with Gasteiger partial charge in [-0.3, -0.25) is 4.79 Å². The van der Waals surface area contributed by atoms with Crippen LogP contribution in [0.4, 0.5) is 5.69 Å². The van der Waals surface area contributed by atoms with Gasteiger partial charge in [0.1, 0.15) is 0 Å². The first-order chi connectivity index (χ1) is 8.38. The van der Waals surface area contributed by atoms with Gasteiger partial charge in [-0.25, -0.2) is 12.7 Å². The first kappa shape index (κ1) is 13.1. The predicted molar refractivity (Wildman–Crippen MR) is 71.0 cm³/mol. The maximum Gasteiger partial charge on any atom is 0.244 e. The lowest BCUT2D eigenvalue weighted by molar-refractivity contribution is -0.119. The molecule has 0 spiro atoms. The Morgan fingerprint density at radius 2 is 2.06 bits per heavy atom. The lowest BCUT2D eigenvalue weighted by Gasteiger charge is -2.21. The Morgan fingerprint density at radius 1 is 1.39 bits per heavy atom. The maximum absolute atomic E-state index is 12.1. The number of hydrogen-bond acceptors (Lipinski definition) is 3. The average Bonchev–Trinajstić information content (AvgIpc) is 2.49. The Bertz CT molecular complexity index is 592. The van der Waals surface area contributed by atoms with Gasteiger partial charge in [0.25, 0.3) is 0 Å². The van der Waals surface area contributed by atoms with Crippen LogP contribution < -0.4 is 4.31 Å². The van der Waals surface area contributed by atoms with Crippen LogP contribution in [-0.2, 0) is 21.2 Å². The molecule has 1 heterocycles. The summed E-state index contributed by atoms with van der Waals surface area (Å²) in [6.07, 6.45) is 0.699. The summed E-state index contributed by atoms with van der Waals surface area (Å²) in [7, 11) is -3.51. The summed E-state index contributed by atoms with van der Waals surface area (Å²) in [5, 5.41) is 0. The van der Waals surface area contributed by atoms with Crippen LogP contribution in [-0.4, -0.2) is 20.1 Å². The molecule has 1 unspecified atom stereocenters. The minimum Gasteiger partial charge on any atom is -0.273 e. The summed E-state index contributed by atoms with van der Waals surface area (Å²) in [6.45, 7) is 5.44. The van der Waals surface area contributed by atoms with Crippen molar-refractivity contribution in [3.63, 3.8) is 0 Å². The molecule has 2 rings (SSSR count). The van der Waals surface area contributed by atoms with Crippen molar-refractivity contribution < 1.29 is 13.2 Å². The minimum absolute atomic E-state index is 0.0939. The predicted octanol–water partition coefficient (Wildman–Crippen LogP) is 1.87. The van der Waals surface area contributed by atoms with Crippen LogP contribution >= 0.6 is 0 Å². The van der Waals surface area contributed by atoms with E-state index in [0.29, 0.717) is 12.1 Å². The third-order valence-corrected chi connectivity index (χ3v) is 5.11. The Morgan fingerprint density at radius 3 is 2.56 bits per heavy atom. The van der Waals surface area contributed by atoms with Crippen molar-refractivity contribution in [2.75, 3.05) is 10.1 Å². The number of sulfonamides is 1. The minimum atomic E-state index is -3.51. The second-order valence-corrected chi connectivity index (χ2v) is 6.58. The first-order valence-electron chi connectivity index (χ1n) is 6.03. The summed E-state index contributed by atoms with van der Waals surface area (Å²) in [6, 6.07) is 5.59. The number of carbonyl (C=O) groups is 1. The molecule has 0 aromatic heterocycles. The van der Waals surface area contributed by atoms with Crippen LogP contribution in [0.15, 0.2) is 18.2 Å². The zero-order chi connectivity index (χ0) is 13.5. The monoisotopic (exact) mass is 267 g/mol. The van der Waals surface area contributed by atoms with E-state index in [4.69, 9.17) is 0 Å². The van der Waals surface area contributed by atoms with Gasteiger partial charge in [0.15, 0.2) is 0 Å². The molecule has 1 amide bonds. The van der Waals surface area contributed by atoms with E-state index in [1.54, 1.807) is 6.92 Å². The molecule has 1 aromatic rings. The number of hydrogen-bond donors (Lipinski definition) is 0. The molecule has 0 radical (unpaired) electrons. The number of para-hydroxylation sites is 1. The fraction of sp³-hybridized carbons (Fsp3) is 0.462. The molecule has 0 bridgehead atoms. The number of anilines is 1. The van der Waals surface area contributed by atoms with Gasteiger partial charge >= 0.3 is 0 Å². The second kappa shape index (κ2) is 4.39. The molecule has 1 saturated heterocycles. The highest BCUT2D eigenvalue weighted by atomic mass is 32.2. The summed E-state index contributed by atoms with van der Waals surface area (Å²) in [5.41, 5.74) is 2.26. The van der Waals surface area contributed by atoms with E-state index >= 15 is 0 Å². The Labute approximate surface area is 108 Å². The SMILES string of the molecule is CCc1cccc(C)c1N1C(=O)C(C)CS1(=O)=O. The van der Waals surface area contributed by atoms with Crippen LogP contribution in [0.5, 0.6) is 0 Å². The standard InChI is InChI=1S/C13H17NO3S/c1-4-11-7-5-6-9(2)12(11)14-13(15)10(3)8-18(14,16)17/h5-7,10H,4,8H2,1-3H3. The Hall–Kier alpha value is -1.36. The first-order valence-corrected chi connectivity index (χ1v) is 7.64. The van der Waals surface area contributed by atoms with E-state index < -0.39 is 15.9 Å². The molecule has 4 nitrogen and oxygen atoms in total. The van der Waals surface area contributed by atoms with E-state index in [9.17, 15) is 13.2 Å². The van der Waals surface area contributed by atoms with Crippen molar-refractivity contribution >= 4 is 21.6 Å². The molecular formula is C13H17NO3S. The summed E-state index contributed by atoms with van der Waals surface area (Å²) in [4.78, 5) is 12.1. The lowest BCUT2D eigenvalue weighted by Crippen LogP contribution is -2.31. The normalized spacial score (nSPS) is 22.5. The molecule has 1 aromatic carbocycles. The molecule has 0 aliphatic carbocycles. The number of rotatable bonds is 2. The quantitative estimate of drug-likeness (QED) is 0.822. The van der Waals surface area contributed by atoms with E-state index in [0.717, 1.165) is 15.4 Å². The van der Waals surface area contributed by atoms with Crippen LogP contribution in [0.3, 0.4) is 0 Å². The molecule has 0 saturated carbocycles. The van der Waals surface area contributed by atoms with Gasteiger partial charge in [-0.2, -0.15) is 0 Å². The fourth-order valence-corrected chi connectivity index (χ4v) is 4.26. The molecule has 98 valence electrons. The zero-order valence-electron chi connectivity index (χ0n) is 10.8. The van der Waals surface area contributed by atoms with Gasteiger partial charge in [0.2, 0.25) is 15.9 Å². The zero-order valence-corrected chi connectivity index (χ0v) is 11.6. The molecule has 0 N–H and O–H groups in total. The highest BCUT2D eigenvalue weighted by Crippen LogP contribution is 2.33. The highest BCUT2D eigenvalue weighted by molar-refractivity contribution is 7.94. The Kier molecular flexibility index (Phi) is 3.19. The molecule has 1 atom stereocenters. The molecule has 18 heavy (non-hydrogen) atoms. The smallest absolute Gasteiger partial charge is 0.244 e. The summed E-state index contributed by atoms with van der Waals surface area (Å²) in [5.74, 6) is -0.873. The average molecular weight is 267 g/mol. The van der Waals surface area contributed by atoms with E-state index in [2.05, 4.69) is 0 Å². The fourth-order valence-electron chi connectivity index (χ4n) is 2.34. The van der Waals surface area contributed by atoms with Gasteiger partial charge in [0, 0.05) is 0 Å². The summed E-state index contributed by atoms with van der Waals surface area (Å²) >= 11 is 0. The van der Waals surface area contributed by atoms with Gasteiger partial charge < -0.3 is 0 Å². The van der Waals surface area contributed by atoms with Crippen molar-refractivity contribution in [1.82, 2.24) is 0 Å². The molecular weight excluding hydrogens is 250 g/mol. The third-order valence-electron chi connectivity index (χ3n) is 3.27. The van der Waals surface area contributed by atoms with E-state index in [1.165, 1.54) is 0 Å². The number of amides is 1. The largest absolute Gasteiger partial charge is 0.273 e. The third kappa shape index (κ3) is 1.92. The maximum atomic E-state index is 12.1. The van der Waals surface area contributed by atoms with Crippen molar-refractivity contribution in [2.24, 2.45) is 5.92 Å². The lowest BCUT2D eigenvalue weighted by atomic mass is 10.1. The number of benzene rings is 1. The summed E-state index contributed by atoms with van der Waals surface area (Å²) < 4.78 is 25.2. The number of carbonyl (C=O) groups excluding carboxylic acids is 1. The van der Waals surface area contributed by atoms with Crippen LogP contribution in [0.2, 0.25) is 0 Å². The Balaban J connectivity index is 2.65. The number of nitrogens with zero attached hydrogens (tertiary/aromatic N) is 1. The van der Waals surface area contributed by atoms with Crippen LogP contribution in [0, 0.1) is 12.8 Å².